The van der Waals surface area contributed by atoms with E-state index in [1.165, 1.54) is 12.1 Å². The van der Waals surface area contributed by atoms with Crippen LogP contribution < -0.4 is 15.8 Å². The van der Waals surface area contributed by atoms with Crippen molar-refractivity contribution in [3.63, 3.8) is 0 Å². The lowest BCUT2D eigenvalue weighted by Crippen LogP contribution is -2.13. The SMILES string of the molecule is COc1ccc(Br)c(CNc2ccc(F)c(C(N)=O)c2)c1. The summed E-state index contributed by atoms with van der Waals surface area (Å²) >= 11 is 3.45. The number of benzene rings is 2. The molecule has 0 aliphatic rings. The lowest BCUT2D eigenvalue weighted by atomic mass is 10.1. The van der Waals surface area contributed by atoms with Crippen LogP contribution in [0.1, 0.15) is 15.9 Å². The highest BCUT2D eigenvalue weighted by Crippen LogP contribution is 2.24. The first-order chi connectivity index (χ1) is 10.0. The molecule has 4 nitrogen and oxygen atoms in total. The number of hydrogen-bond acceptors (Lipinski definition) is 3. The van der Waals surface area contributed by atoms with E-state index in [2.05, 4.69) is 21.2 Å². The molecule has 0 atom stereocenters. The fourth-order valence-electron chi connectivity index (χ4n) is 1.83. The molecule has 0 spiro atoms. The fourth-order valence-corrected chi connectivity index (χ4v) is 2.22. The van der Waals surface area contributed by atoms with Crippen LogP contribution in [0.5, 0.6) is 5.75 Å². The topological polar surface area (TPSA) is 64.3 Å². The van der Waals surface area contributed by atoms with Crippen LogP contribution in [0, 0.1) is 5.82 Å². The summed E-state index contributed by atoms with van der Waals surface area (Å²) in [4.78, 5) is 11.1. The van der Waals surface area contributed by atoms with Crippen molar-refractivity contribution >= 4 is 27.5 Å². The van der Waals surface area contributed by atoms with Gasteiger partial charge >= 0.3 is 0 Å². The van der Waals surface area contributed by atoms with Crippen LogP contribution in [0.25, 0.3) is 0 Å². The molecule has 0 radical (unpaired) electrons. The average molecular weight is 353 g/mol. The van der Waals surface area contributed by atoms with E-state index in [9.17, 15) is 9.18 Å². The lowest BCUT2D eigenvalue weighted by Gasteiger charge is -2.11. The van der Waals surface area contributed by atoms with Crippen LogP contribution in [0.4, 0.5) is 10.1 Å². The van der Waals surface area contributed by atoms with E-state index in [4.69, 9.17) is 10.5 Å². The maximum atomic E-state index is 13.4. The molecule has 21 heavy (non-hydrogen) atoms. The Hall–Kier alpha value is -2.08. The highest BCUT2D eigenvalue weighted by Gasteiger charge is 2.09. The summed E-state index contributed by atoms with van der Waals surface area (Å²) in [7, 11) is 1.60. The molecule has 0 fully saturated rings. The van der Waals surface area contributed by atoms with Gasteiger partial charge in [-0.1, -0.05) is 15.9 Å². The van der Waals surface area contributed by atoms with Crippen LogP contribution >= 0.6 is 15.9 Å². The number of anilines is 1. The highest BCUT2D eigenvalue weighted by molar-refractivity contribution is 9.10. The number of amides is 1. The zero-order valence-corrected chi connectivity index (χ0v) is 12.9. The Morgan fingerprint density at radius 1 is 1.33 bits per heavy atom. The molecular weight excluding hydrogens is 339 g/mol. The van der Waals surface area contributed by atoms with Crippen molar-refractivity contribution in [1.29, 1.82) is 0 Å². The Labute approximate surface area is 130 Å². The number of hydrogen-bond donors (Lipinski definition) is 2. The van der Waals surface area contributed by atoms with E-state index in [0.29, 0.717) is 12.2 Å². The number of carbonyl (C=O) groups is 1. The van der Waals surface area contributed by atoms with Crippen molar-refractivity contribution in [2.45, 2.75) is 6.54 Å². The number of nitrogens with one attached hydrogen (secondary N) is 1. The summed E-state index contributed by atoms with van der Waals surface area (Å²) in [5.74, 6) is -0.679. The predicted molar refractivity (Wildman–Crippen MR) is 82.9 cm³/mol. The number of carbonyl (C=O) groups excluding carboxylic acids is 1. The molecule has 0 saturated heterocycles. The molecule has 2 aromatic carbocycles. The summed E-state index contributed by atoms with van der Waals surface area (Å²) in [6, 6.07) is 9.77. The van der Waals surface area contributed by atoms with E-state index >= 15 is 0 Å². The number of halogens is 2. The molecule has 1 amide bonds. The zero-order chi connectivity index (χ0) is 15.4. The van der Waals surface area contributed by atoms with Gasteiger partial charge < -0.3 is 15.8 Å². The number of ether oxygens (including phenoxy) is 1. The van der Waals surface area contributed by atoms with Gasteiger partial charge in [0.25, 0.3) is 5.91 Å². The minimum atomic E-state index is -0.793. The second-order valence-electron chi connectivity index (χ2n) is 4.37. The molecule has 2 rings (SSSR count). The molecule has 2 aromatic rings. The third-order valence-electron chi connectivity index (χ3n) is 2.97. The monoisotopic (exact) mass is 352 g/mol. The standard InChI is InChI=1S/C15H14BrFN2O2/c1-21-11-3-4-13(16)9(6-11)8-19-10-2-5-14(17)12(7-10)15(18)20/h2-7,19H,8H2,1H3,(H2,18,20). The lowest BCUT2D eigenvalue weighted by molar-refractivity contribution is 0.0996. The summed E-state index contributed by atoms with van der Waals surface area (Å²) in [5, 5.41) is 3.12. The molecule has 0 aliphatic carbocycles. The van der Waals surface area contributed by atoms with E-state index in [1.54, 1.807) is 13.2 Å². The van der Waals surface area contributed by atoms with Gasteiger partial charge in [-0.2, -0.15) is 0 Å². The molecule has 0 aromatic heterocycles. The first-order valence-corrected chi connectivity index (χ1v) is 6.96. The maximum absolute atomic E-state index is 13.4. The van der Waals surface area contributed by atoms with Gasteiger partial charge in [0, 0.05) is 16.7 Å². The van der Waals surface area contributed by atoms with Crippen LogP contribution in [-0.2, 0) is 6.54 Å². The van der Waals surface area contributed by atoms with Crippen molar-refractivity contribution in [3.05, 3.63) is 57.8 Å². The zero-order valence-electron chi connectivity index (χ0n) is 11.3. The van der Waals surface area contributed by atoms with Gasteiger partial charge in [0.05, 0.1) is 12.7 Å². The van der Waals surface area contributed by atoms with Crippen LogP contribution in [0.2, 0.25) is 0 Å². The summed E-state index contributed by atoms with van der Waals surface area (Å²) in [6.07, 6.45) is 0. The molecule has 6 heteroatoms. The Balaban J connectivity index is 2.16. The van der Waals surface area contributed by atoms with Crippen molar-refractivity contribution < 1.29 is 13.9 Å². The number of primary amides is 1. The molecule has 0 aliphatic heterocycles. The Morgan fingerprint density at radius 3 is 2.76 bits per heavy atom. The number of nitrogens with two attached hydrogens (primary N) is 1. The van der Waals surface area contributed by atoms with Crippen LogP contribution in [0.3, 0.4) is 0 Å². The number of rotatable bonds is 5. The third-order valence-corrected chi connectivity index (χ3v) is 3.74. The summed E-state index contributed by atoms with van der Waals surface area (Å²) < 4.78 is 19.5. The summed E-state index contributed by atoms with van der Waals surface area (Å²) in [6.45, 7) is 0.488. The Bertz CT molecular complexity index is 677. The van der Waals surface area contributed by atoms with Crippen molar-refractivity contribution in [3.8, 4) is 5.75 Å². The second kappa shape index (κ2) is 6.58. The normalized spacial score (nSPS) is 10.2. The predicted octanol–water partition coefficient (Wildman–Crippen LogP) is 3.31. The molecule has 0 saturated carbocycles. The minimum absolute atomic E-state index is 0.135. The first-order valence-electron chi connectivity index (χ1n) is 6.17. The van der Waals surface area contributed by atoms with Gasteiger partial charge in [0.1, 0.15) is 11.6 Å². The van der Waals surface area contributed by atoms with E-state index < -0.39 is 11.7 Å². The van der Waals surface area contributed by atoms with E-state index in [-0.39, 0.29) is 5.56 Å². The molecule has 0 bridgehead atoms. The van der Waals surface area contributed by atoms with E-state index in [0.717, 1.165) is 15.8 Å². The molecule has 0 heterocycles. The molecular formula is C15H14BrFN2O2. The Morgan fingerprint density at radius 2 is 2.10 bits per heavy atom. The first kappa shape index (κ1) is 15.3. The third kappa shape index (κ3) is 3.72. The van der Waals surface area contributed by atoms with Crippen LogP contribution in [0.15, 0.2) is 40.9 Å². The van der Waals surface area contributed by atoms with Crippen LogP contribution in [-0.4, -0.2) is 13.0 Å². The Kier molecular flexibility index (Phi) is 4.80. The van der Waals surface area contributed by atoms with Gasteiger partial charge in [-0.15, -0.1) is 0 Å². The summed E-state index contributed by atoms with van der Waals surface area (Å²) in [5.41, 5.74) is 6.57. The molecule has 110 valence electrons. The minimum Gasteiger partial charge on any atom is -0.497 e. The fraction of sp³-hybridized carbons (Fsp3) is 0.133. The van der Waals surface area contributed by atoms with Gasteiger partial charge in [0.2, 0.25) is 0 Å². The second-order valence-corrected chi connectivity index (χ2v) is 5.22. The highest BCUT2D eigenvalue weighted by atomic mass is 79.9. The van der Waals surface area contributed by atoms with Gasteiger partial charge in [0.15, 0.2) is 0 Å². The van der Waals surface area contributed by atoms with E-state index in [1.807, 2.05) is 18.2 Å². The maximum Gasteiger partial charge on any atom is 0.251 e. The van der Waals surface area contributed by atoms with Crippen molar-refractivity contribution in [2.24, 2.45) is 5.73 Å². The molecule has 3 N–H and O–H groups in total. The van der Waals surface area contributed by atoms with Gasteiger partial charge in [-0.25, -0.2) is 4.39 Å². The smallest absolute Gasteiger partial charge is 0.251 e. The van der Waals surface area contributed by atoms with Crippen molar-refractivity contribution in [2.75, 3.05) is 12.4 Å². The largest absolute Gasteiger partial charge is 0.497 e. The van der Waals surface area contributed by atoms with Gasteiger partial charge in [-0.05, 0) is 42.0 Å². The van der Waals surface area contributed by atoms with Crippen molar-refractivity contribution in [1.82, 2.24) is 0 Å². The average Bonchev–Trinajstić information content (AvgIpc) is 2.47. The quantitative estimate of drug-likeness (QED) is 0.867. The molecule has 0 unspecified atom stereocenters. The van der Waals surface area contributed by atoms with Gasteiger partial charge in [-0.3, -0.25) is 4.79 Å². The number of methoxy groups -OCH3 is 1.